The van der Waals surface area contributed by atoms with Gasteiger partial charge in [0.05, 0.1) is 13.2 Å². The predicted molar refractivity (Wildman–Crippen MR) is 60.7 cm³/mol. The van der Waals surface area contributed by atoms with Crippen molar-refractivity contribution in [2.75, 3.05) is 33.4 Å². The lowest BCUT2D eigenvalue weighted by molar-refractivity contribution is -0.155. The Labute approximate surface area is 108 Å². The van der Waals surface area contributed by atoms with Crippen LogP contribution >= 0.6 is 0 Å². The van der Waals surface area contributed by atoms with Crippen molar-refractivity contribution in [2.45, 2.75) is 6.18 Å². The summed E-state index contributed by atoms with van der Waals surface area (Å²) in [6, 6.07) is 0. The fourth-order valence-electron chi connectivity index (χ4n) is 1.14. The lowest BCUT2D eigenvalue weighted by Crippen LogP contribution is -2.45. The van der Waals surface area contributed by atoms with Crippen LogP contribution < -0.4 is 16.4 Å². The molecule has 0 aliphatic heterocycles. The third-order valence-electron chi connectivity index (χ3n) is 2.13. The zero-order valence-electron chi connectivity index (χ0n) is 10.3. The number of amidine groups is 1. The molecule has 0 radical (unpaired) electrons. The Morgan fingerprint density at radius 3 is 2.63 bits per heavy atom. The van der Waals surface area contributed by atoms with Crippen molar-refractivity contribution in [2.24, 2.45) is 16.8 Å². The molecule has 0 bridgehead atoms. The van der Waals surface area contributed by atoms with E-state index in [0.29, 0.717) is 6.61 Å². The quantitative estimate of drug-likeness (QED) is 0.154. The third kappa shape index (κ3) is 7.47. The van der Waals surface area contributed by atoms with Gasteiger partial charge in [-0.1, -0.05) is 5.16 Å². The Kier molecular flexibility index (Phi) is 7.84. The molecule has 0 aliphatic carbocycles. The largest absolute Gasteiger partial charge is 0.409 e. The zero-order chi connectivity index (χ0) is 14.9. The molecule has 19 heavy (non-hydrogen) atoms. The number of carbonyl (C=O) groups is 1. The molecule has 0 spiro atoms. The van der Waals surface area contributed by atoms with Crippen molar-refractivity contribution in [1.29, 1.82) is 0 Å². The summed E-state index contributed by atoms with van der Waals surface area (Å²) in [5.74, 6) is -3.58. The number of rotatable bonds is 8. The Hall–Kier alpha value is -1.55. The molecule has 1 amide bonds. The van der Waals surface area contributed by atoms with Crippen LogP contribution in [0.1, 0.15) is 0 Å². The number of carbonyl (C=O) groups excluding carboxylic acids is 1. The average molecular weight is 286 g/mol. The van der Waals surface area contributed by atoms with Gasteiger partial charge in [-0.2, -0.15) is 13.2 Å². The maximum absolute atomic E-state index is 12.5. The highest BCUT2D eigenvalue weighted by Gasteiger charge is 2.42. The topological polar surface area (TPSA) is 109 Å². The van der Waals surface area contributed by atoms with Gasteiger partial charge in [0.25, 0.3) is 0 Å². The van der Waals surface area contributed by atoms with Crippen LogP contribution in [0.5, 0.6) is 0 Å². The van der Waals surface area contributed by atoms with E-state index in [1.165, 1.54) is 7.11 Å². The van der Waals surface area contributed by atoms with Gasteiger partial charge in [-0.15, -0.1) is 0 Å². The van der Waals surface area contributed by atoms with Crippen LogP contribution in [0.4, 0.5) is 13.2 Å². The fourth-order valence-corrected chi connectivity index (χ4v) is 1.14. The van der Waals surface area contributed by atoms with Gasteiger partial charge in [0.15, 0.2) is 5.84 Å². The van der Waals surface area contributed by atoms with E-state index in [1.54, 1.807) is 0 Å². The smallest absolute Gasteiger partial charge is 0.400 e. The number of hydrogen-bond acceptors (Lipinski definition) is 5. The van der Waals surface area contributed by atoms with Crippen molar-refractivity contribution in [3.05, 3.63) is 0 Å². The Balaban J connectivity index is 4.11. The molecular weight excluding hydrogens is 269 g/mol. The van der Waals surface area contributed by atoms with Crippen LogP contribution in [0.3, 0.4) is 0 Å². The van der Waals surface area contributed by atoms with Crippen LogP contribution in [0.15, 0.2) is 5.16 Å². The van der Waals surface area contributed by atoms with Gasteiger partial charge in [0.1, 0.15) is 5.92 Å². The van der Waals surface area contributed by atoms with Crippen LogP contribution in [-0.2, 0) is 9.53 Å². The molecule has 0 heterocycles. The number of alkyl halides is 3. The highest BCUT2D eigenvalue weighted by atomic mass is 19.4. The summed E-state index contributed by atoms with van der Waals surface area (Å²) in [4.78, 5) is 11.2. The molecular formula is C9H17F3N4O3. The van der Waals surface area contributed by atoms with Gasteiger partial charge >= 0.3 is 6.18 Å². The number of nitrogens with zero attached hydrogens (tertiary/aromatic N) is 1. The van der Waals surface area contributed by atoms with Crippen LogP contribution in [0.25, 0.3) is 0 Å². The number of halogens is 3. The SMILES string of the molecule is COCCNC(=O)CNCC(C(N)=NO)C(F)(F)F. The van der Waals surface area contributed by atoms with Gasteiger partial charge in [0, 0.05) is 20.2 Å². The van der Waals surface area contributed by atoms with E-state index in [9.17, 15) is 18.0 Å². The molecule has 0 saturated carbocycles. The minimum Gasteiger partial charge on any atom is -0.409 e. The molecule has 5 N–H and O–H groups in total. The zero-order valence-corrected chi connectivity index (χ0v) is 10.3. The molecule has 0 rings (SSSR count). The number of nitrogens with one attached hydrogen (secondary N) is 2. The van der Waals surface area contributed by atoms with Crippen molar-refractivity contribution in [3.63, 3.8) is 0 Å². The number of ether oxygens (including phenoxy) is 1. The minimum atomic E-state index is -4.66. The van der Waals surface area contributed by atoms with Gasteiger partial charge in [0.2, 0.25) is 5.91 Å². The molecule has 10 heteroatoms. The lowest BCUT2D eigenvalue weighted by atomic mass is 10.1. The molecule has 0 aromatic carbocycles. The van der Waals surface area contributed by atoms with Crippen LogP contribution in [0.2, 0.25) is 0 Å². The van der Waals surface area contributed by atoms with E-state index in [4.69, 9.17) is 10.9 Å². The van der Waals surface area contributed by atoms with Crippen molar-refractivity contribution >= 4 is 11.7 Å². The molecule has 1 unspecified atom stereocenters. The average Bonchev–Trinajstić information content (AvgIpc) is 2.32. The number of hydrogen-bond donors (Lipinski definition) is 4. The first-order chi connectivity index (χ1) is 8.82. The summed E-state index contributed by atoms with van der Waals surface area (Å²) in [6.45, 7) is -0.396. The molecule has 1 atom stereocenters. The molecule has 7 nitrogen and oxygen atoms in total. The Bertz CT molecular complexity index is 310. The highest BCUT2D eigenvalue weighted by Crippen LogP contribution is 2.25. The second-order valence-corrected chi connectivity index (χ2v) is 3.59. The standard InChI is InChI=1S/C9H17F3N4O3/c1-19-3-2-15-7(17)5-14-4-6(8(13)16-18)9(10,11)12/h6,14,18H,2-5H2,1H3,(H2,13,16)(H,15,17). The van der Waals surface area contributed by atoms with Gasteiger partial charge < -0.3 is 26.3 Å². The third-order valence-corrected chi connectivity index (χ3v) is 2.13. The number of nitrogens with two attached hydrogens (primary N) is 1. The molecule has 112 valence electrons. The first kappa shape index (κ1) is 17.4. The maximum atomic E-state index is 12.5. The normalized spacial score (nSPS) is 14.2. The first-order valence-electron chi connectivity index (χ1n) is 5.33. The minimum absolute atomic E-state index is 0.264. The van der Waals surface area contributed by atoms with E-state index >= 15 is 0 Å². The Morgan fingerprint density at radius 2 is 2.16 bits per heavy atom. The van der Waals surface area contributed by atoms with E-state index in [-0.39, 0.29) is 13.1 Å². The number of oxime groups is 1. The summed E-state index contributed by atoms with van der Waals surface area (Å²) in [5, 5.41) is 15.3. The summed E-state index contributed by atoms with van der Waals surface area (Å²) < 4.78 is 42.2. The summed E-state index contributed by atoms with van der Waals surface area (Å²) in [7, 11) is 1.45. The molecule has 0 aromatic heterocycles. The summed E-state index contributed by atoms with van der Waals surface area (Å²) >= 11 is 0. The monoisotopic (exact) mass is 286 g/mol. The highest BCUT2D eigenvalue weighted by molar-refractivity contribution is 5.83. The van der Waals surface area contributed by atoms with Crippen molar-refractivity contribution < 1.29 is 27.9 Å². The first-order valence-corrected chi connectivity index (χ1v) is 5.33. The number of amides is 1. The van der Waals surface area contributed by atoms with E-state index in [1.807, 2.05) is 0 Å². The van der Waals surface area contributed by atoms with Gasteiger partial charge in [-0.25, -0.2) is 0 Å². The number of methoxy groups -OCH3 is 1. The van der Waals surface area contributed by atoms with Crippen molar-refractivity contribution in [3.8, 4) is 0 Å². The van der Waals surface area contributed by atoms with Gasteiger partial charge in [-0.05, 0) is 0 Å². The summed E-state index contributed by atoms with van der Waals surface area (Å²) in [5.41, 5.74) is 4.94. The van der Waals surface area contributed by atoms with Crippen LogP contribution in [-0.4, -0.2) is 56.5 Å². The van der Waals surface area contributed by atoms with Crippen LogP contribution in [0, 0.1) is 5.92 Å². The van der Waals surface area contributed by atoms with Crippen molar-refractivity contribution in [1.82, 2.24) is 10.6 Å². The van der Waals surface area contributed by atoms with E-state index in [0.717, 1.165) is 0 Å². The molecule has 0 aliphatic rings. The maximum Gasteiger partial charge on any atom is 0.400 e. The predicted octanol–water partition coefficient (Wildman–Crippen LogP) is -0.736. The van der Waals surface area contributed by atoms with Gasteiger partial charge in [-0.3, -0.25) is 4.79 Å². The fraction of sp³-hybridized carbons (Fsp3) is 0.778. The second kappa shape index (κ2) is 8.53. The lowest BCUT2D eigenvalue weighted by Gasteiger charge is -2.19. The molecule has 0 aromatic rings. The molecule has 0 fully saturated rings. The Morgan fingerprint density at radius 1 is 1.53 bits per heavy atom. The van der Waals surface area contributed by atoms with E-state index in [2.05, 4.69) is 20.5 Å². The summed E-state index contributed by atoms with van der Waals surface area (Å²) in [6.07, 6.45) is -4.66. The second-order valence-electron chi connectivity index (χ2n) is 3.59. The van der Waals surface area contributed by atoms with E-state index < -0.39 is 30.4 Å². The molecule has 0 saturated heterocycles.